The predicted octanol–water partition coefficient (Wildman–Crippen LogP) is 6.36. The van der Waals surface area contributed by atoms with Gasteiger partial charge in [0.25, 0.3) is 0 Å². The van der Waals surface area contributed by atoms with Crippen LogP contribution in [0.4, 0.5) is 5.69 Å². The Morgan fingerprint density at radius 2 is 1.61 bits per heavy atom. The van der Waals surface area contributed by atoms with Crippen LogP contribution in [0.5, 0.6) is 11.5 Å². The Hall–Kier alpha value is -4.41. The van der Waals surface area contributed by atoms with Crippen molar-refractivity contribution in [1.82, 2.24) is 0 Å². The standard InChI is InChI=1S/C36H25Br2NO7/c1-46-28-14-19(13-25(37)34(28)43)29-21-11-12-22-30(23(21)15-24-31(29)27(40)16-26(38)33(24)42)36(45)39(35(22)44)20-9-7-18(8-10-20)32(41)17-5-3-2-4-6-17/h2-11,13-14,16,22-23,29-30,43H,12,15H2,1H3/t22-,23+,29-,30-/m0/s1. The van der Waals surface area contributed by atoms with Gasteiger partial charge in [0.1, 0.15) is 0 Å². The minimum absolute atomic E-state index is 0.108. The number of imide groups is 1. The number of benzene rings is 3. The number of halogens is 2. The number of rotatable bonds is 5. The number of hydrogen-bond donors (Lipinski definition) is 1. The number of methoxy groups -OCH3 is 1. The molecule has 1 heterocycles. The van der Waals surface area contributed by atoms with Crippen LogP contribution in [0, 0.1) is 17.8 Å². The number of amides is 2. The first-order valence-corrected chi connectivity index (χ1v) is 16.2. The number of phenols is 1. The van der Waals surface area contributed by atoms with Gasteiger partial charge >= 0.3 is 0 Å². The number of carbonyl (C=O) groups excluding carboxylic acids is 5. The van der Waals surface area contributed by atoms with Gasteiger partial charge in [-0.05, 0) is 92.6 Å². The fraction of sp³-hybridized carbons (Fsp3) is 0.194. The summed E-state index contributed by atoms with van der Waals surface area (Å²) in [6.45, 7) is 0. The Kier molecular flexibility index (Phi) is 7.52. The van der Waals surface area contributed by atoms with Crippen molar-refractivity contribution in [3.63, 3.8) is 0 Å². The highest BCUT2D eigenvalue weighted by Gasteiger charge is 2.56. The van der Waals surface area contributed by atoms with Gasteiger partial charge in [0, 0.05) is 34.3 Å². The van der Waals surface area contributed by atoms with Crippen LogP contribution in [0.2, 0.25) is 0 Å². The Bertz CT molecular complexity index is 1980. The van der Waals surface area contributed by atoms with E-state index in [1.54, 1.807) is 60.7 Å². The first kappa shape index (κ1) is 30.3. The summed E-state index contributed by atoms with van der Waals surface area (Å²) < 4.78 is 5.88. The molecule has 0 aromatic heterocycles. The summed E-state index contributed by atoms with van der Waals surface area (Å²) in [6, 6.07) is 18.6. The molecule has 230 valence electrons. The molecule has 0 spiro atoms. The zero-order chi connectivity index (χ0) is 32.4. The predicted molar refractivity (Wildman–Crippen MR) is 176 cm³/mol. The van der Waals surface area contributed by atoms with Crippen molar-refractivity contribution in [2.45, 2.75) is 18.8 Å². The van der Waals surface area contributed by atoms with Crippen molar-refractivity contribution in [1.29, 1.82) is 0 Å². The number of aromatic hydroxyl groups is 1. The lowest BCUT2D eigenvalue weighted by Gasteiger charge is -2.42. The molecule has 0 saturated carbocycles. The summed E-state index contributed by atoms with van der Waals surface area (Å²) in [6.07, 6.45) is 3.60. The third-order valence-corrected chi connectivity index (χ3v) is 10.6. The number of fused-ring (bicyclic) bond motifs is 3. The Labute approximate surface area is 280 Å². The average Bonchev–Trinajstić information content (AvgIpc) is 3.33. The molecule has 1 N–H and O–H groups in total. The molecule has 3 aliphatic carbocycles. The second-order valence-corrected chi connectivity index (χ2v) is 13.4. The number of hydrogen-bond acceptors (Lipinski definition) is 7. The molecule has 46 heavy (non-hydrogen) atoms. The normalized spacial score (nSPS) is 23.8. The average molecular weight is 743 g/mol. The molecule has 1 fully saturated rings. The van der Waals surface area contributed by atoms with Gasteiger partial charge in [-0.3, -0.25) is 28.9 Å². The number of ether oxygens (including phenoxy) is 1. The Morgan fingerprint density at radius 1 is 0.913 bits per heavy atom. The molecule has 1 aliphatic heterocycles. The van der Waals surface area contributed by atoms with E-state index in [4.69, 9.17) is 4.74 Å². The van der Waals surface area contributed by atoms with Gasteiger partial charge in [0.2, 0.25) is 11.8 Å². The van der Waals surface area contributed by atoms with Crippen LogP contribution in [0.15, 0.2) is 105 Å². The van der Waals surface area contributed by atoms with E-state index in [1.165, 1.54) is 18.1 Å². The van der Waals surface area contributed by atoms with Crippen LogP contribution in [0.1, 0.15) is 40.2 Å². The second kappa shape index (κ2) is 11.4. The molecule has 3 aromatic carbocycles. The topological polar surface area (TPSA) is 118 Å². The highest BCUT2D eigenvalue weighted by Crippen LogP contribution is 2.56. The SMILES string of the molecule is COc1cc([C@H]2C3=CC[C@@H]4C(=O)N(c5ccc(C(=O)c6ccccc6)cc5)C(=O)[C@@H]4[C@@H]3CC3=C2C(=O)C=C(Br)C3=O)cc(Br)c1O. The number of phenolic OH excluding ortho intramolecular Hbond substituents is 1. The van der Waals surface area contributed by atoms with Gasteiger partial charge in [0.05, 0.1) is 33.6 Å². The summed E-state index contributed by atoms with van der Waals surface area (Å²) in [4.78, 5) is 69.2. The zero-order valence-corrected chi connectivity index (χ0v) is 27.5. The molecule has 8 nitrogen and oxygen atoms in total. The molecule has 7 rings (SSSR count). The third-order valence-electron chi connectivity index (χ3n) is 9.36. The molecule has 2 amide bonds. The first-order valence-electron chi connectivity index (χ1n) is 14.6. The number of nitrogens with zero attached hydrogens (tertiary/aromatic N) is 1. The third kappa shape index (κ3) is 4.65. The summed E-state index contributed by atoms with van der Waals surface area (Å²) in [5, 5.41) is 10.5. The van der Waals surface area contributed by atoms with Gasteiger partial charge in [-0.2, -0.15) is 0 Å². The maximum atomic E-state index is 14.2. The van der Waals surface area contributed by atoms with Crippen LogP contribution in [-0.2, 0) is 19.2 Å². The lowest BCUT2D eigenvalue weighted by Crippen LogP contribution is -2.39. The fourth-order valence-corrected chi connectivity index (χ4v) is 8.18. The molecule has 4 atom stereocenters. The minimum Gasteiger partial charge on any atom is -0.503 e. The van der Waals surface area contributed by atoms with E-state index in [-0.39, 0.29) is 58.0 Å². The highest BCUT2D eigenvalue weighted by atomic mass is 79.9. The van der Waals surface area contributed by atoms with E-state index in [2.05, 4.69) is 31.9 Å². The molecule has 0 radical (unpaired) electrons. The molecule has 0 bridgehead atoms. The van der Waals surface area contributed by atoms with E-state index < -0.39 is 23.7 Å². The van der Waals surface area contributed by atoms with Crippen molar-refractivity contribution < 1.29 is 33.8 Å². The molecule has 1 saturated heterocycles. The van der Waals surface area contributed by atoms with Crippen LogP contribution >= 0.6 is 31.9 Å². The number of carbonyl (C=O) groups is 5. The Morgan fingerprint density at radius 3 is 2.30 bits per heavy atom. The molecular weight excluding hydrogens is 718 g/mol. The summed E-state index contributed by atoms with van der Waals surface area (Å²) in [5.74, 6) is -4.12. The van der Waals surface area contributed by atoms with Crippen molar-refractivity contribution in [2.75, 3.05) is 12.0 Å². The van der Waals surface area contributed by atoms with Crippen LogP contribution in [0.25, 0.3) is 0 Å². The van der Waals surface area contributed by atoms with E-state index in [0.29, 0.717) is 38.0 Å². The van der Waals surface area contributed by atoms with Crippen molar-refractivity contribution in [2.24, 2.45) is 17.8 Å². The molecule has 4 aliphatic rings. The van der Waals surface area contributed by atoms with Gasteiger partial charge in [-0.15, -0.1) is 0 Å². The number of ketones is 3. The van der Waals surface area contributed by atoms with Crippen LogP contribution in [-0.4, -0.2) is 41.4 Å². The van der Waals surface area contributed by atoms with Gasteiger partial charge in [0.15, 0.2) is 28.8 Å². The van der Waals surface area contributed by atoms with Crippen LogP contribution in [0.3, 0.4) is 0 Å². The molecule has 10 heteroatoms. The van der Waals surface area contributed by atoms with Crippen molar-refractivity contribution >= 4 is 66.7 Å². The molecule has 3 aromatic rings. The van der Waals surface area contributed by atoms with E-state index in [1.807, 2.05) is 12.1 Å². The fourth-order valence-electron chi connectivity index (χ4n) is 7.27. The van der Waals surface area contributed by atoms with Gasteiger partial charge < -0.3 is 9.84 Å². The number of anilines is 1. The summed E-state index contributed by atoms with van der Waals surface area (Å²) in [7, 11) is 1.42. The molecule has 0 unspecified atom stereocenters. The zero-order valence-electron chi connectivity index (χ0n) is 24.3. The van der Waals surface area contributed by atoms with E-state index >= 15 is 0 Å². The number of allylic oxidation sites excluding steroid dienone is 6. The maximum absolute atomic E-state index is 14.2. The lowest BCUT2D eigenvalue weighted by molar-refractivity contribution is -0.123. The Balaban J connectivity index is 1.28. The van der Waals surface area contributed by atoms with Crippen molar-refractivity contribution in [3.8, 4) is 11.5 Å². The van der Waals surface area contributed by atoms with E-state index in [9.17, 15) is 29.1 Å². The monoisotopic (exact) mass is 741 g/mol. The minimum atomic E-state index is -0.760. The highest BCUT2D eigenvalue weighted by molar-refractivity contribution is 9.12. The van der Waals surface area contributed by atoms with Crippen LogP contribution < -0.4 is 9.64 Å². The lowest BCUT2D eigenvalue weighted by atomic mass is 9.59. The maximum Gasteiger partial charge on any atom is 0.238 e. The van der Waals surface area contributed by atoms with Crippen molar-refractivity contribution in [3.05, 3.63) is 121 Å². The smallest absolute Gasteiger partial charge is 0.238 e. The second-order valence-electron chi connectivity index (χ2n) is 11.7. The van der Waals surface area contributed by atoms with Gasteiger partial charge in [-0.25, -0.2) is 0 Å². The van der Waals surface area contributed by atoms with E-state index in [0.717, 1.165) is 5.57 Å². The van der Waals surface area contributed by atoms with Gasteiger partial charge in [-0.1, -0.05) is 42.0 Å². The summed E-state index contributed by atoms with van der Waals surface area (Å²) in [5.41, 5.74) is 3.33. The molecular formula is C36H25Br2NO7. The summed E-state index contributed by atoms with van der Waals surface area (Å²) >= 11 is 6.62. The first-order chi connectivity index (χ1) is 22.1. The number of Topliss-reactive ketones (excluding diaryl/α,β-unsaturated/α-hetero) is 1. The quantitative estimate of drug-likeness (QED) is 0.140. The largest absolute Gasteiger partial charge is 0.503 e.